The minimum Gasteiger partial charge on any atom is -0.496 e. The van der Waals surface area contributed by atoms with Crippen LogP contribution in [-0.2, 0) is 10.3 Å². The molecule has 0 radical (unpaired) electrons. The summed E-state index contributed by atoms with van der Waals surface area (Å²) in [5.74, 6) is 0.417. The third kappa shape index (κ3) is 3.25. The lowest BCUT2D eigenvalue weighted by Gasteiger charge is -2.35. The number of halogens is 2. The van der Waals surface area contributed by atoms with E-state index in [-0.39, 0.29) is 17.6 Å². The first-order valence-electron chi connectivity index (χ1n) is 12.2. The lowest BCUT2D eigenvalue weighted by atomic mass is 9.87. The number of benzene rings is 3. The molecule has 9 heteroatoms. The van der Waals surface area contributed by atoms with Gasteiger partial charge in [0.1, 0.15) is 11.6 Å². The summed E-state index contributed by atoms with van der Waals surface area (Å²) in [5, 5.41) is 3.90. The van der Waals surface area contributed by atoms with Crippen molar-refractivity contribution < 1.29 is 14.3 Å². The molecular formula is C29H24Cl2N4O3. The Bertz CT molecular complexity index is 1660. The minimum atomic E-state index is -1.52. The van der Waals surface area contributed by atoms with E-state index in [0.29, 0.717) is 44.3 Å². The highest BCUT2D eigenvalue weighted by Gasteiger charge is 2.64. The van der Waals surface area contributed by atoms with Crippen molar-refractivity contribution in [2.45, 2.75) is 32.4 Å². The fourth-order valence-corrected chi connectivity index (χ4v) is 5.98. The molecule has 0 saturated carbocycles. The van der Waals surface area contributed by atoms with Gasteiger partial charge >= 0.3 is 0 Å². The van der Waals surface area contributed by atoms with Crippen LogP contribution in [0.15, 0.2) is 60.7 Å². The summed E-state index contributed by atoms with van der Waals surface area (Å²) in [6.45, 7) is 5.98. The molecule has 0 saturated heterocycles. The van der Waals surface area contributed by atoms with Gasteiger partial charge in [-0.1, -0.05) is 41.4 Å². The first-order valence-corrected chi connectivity index (χ1v) is 12.9. The highest BCUT2D eigenvalue weighted by molar-refractivity contribution is 6.32. The molecule has 1 aromatic heterocycles. The SMILES string of the molecule is COc1cc(C)ccc1-c1nc2c(n1C(C)C)[C@@]1(C(=O)Nc3cc(Cl)ccc31)N(c1cccc(Cl)c1)C2=O. The summed E-state index contributed by atoms with van der Waals surface area (Å²) in [6.07, 6.45) is 0. The second-order valence-corrected chi connectivity index (χ2v) is 10.6. The normalized spacial score (nSPS) is 17.8. The number of methoxy groups -OCH3 is 1. The smallest absolute Gasteiger partial charge is 0.280 e. The van der Waals surface area contributed by atoms with Gasteiger partial charge < -0.3 is 14.6 Å². The van der Waals surface area contributed by atoms with Gasteiger partial charge in [-0.2, -0.15) is 0 Å². The number of imidazole rings is 1. The van der Waals surface area contributed by atoms with Crippen LogP contribution in [0.4, 0.5) is 11.4 Å². The van der Waals surface area contributed by atoms with E-state index < -0.39 is 11.4 Å². The van der Waals surface area contributed by atoms with E-state index in [1.165, 1.54) is 4.90 Å². The van der Waals surface area contributed by atoms with Gasteiger partial charge in [0.25, 0.3) is 11.8 Å². The van der Waals surface area contributed by atoms with Crippen LogP contribution in [0.2, 0.25) is 10.0 Å². The van der Waals surface area contributed by atoms with Gasteiger partial charge in [-0.05, 0) is 68.8 Å². The average molecular weight is 547 g/mol. The molecule has 0 fully saturated rings. The Balaban J connectivity index is 1.73. The molecule has 1 atom stereocenters. The number of aromatic nitrogens is 2. The number of fused-ring (bicyclic) bond motifs is 4. The van der Waals surface area contributed by atoms with E-state index in [1.807, 2.05) is 43.5 Å². The van der Waals surface area contributed by atoms with Crippen LogP contribution in [0.3, 0.4) is 0 Å². The molecule has 4 aromatic rings. The van der Waals surface area contributed by atoms with E-state index in [1.54, 1.807) is 49.6 Å². The average Bonchev–Trinajstić information content (AvgIpc) is 3.47. The quantitative estimate of drug-likeness (QED) is 0.312. The number of ether oxygens (including phenoxy) is 1. The van der Waals surface area contributed by atoms with Crippen molar-refractivity contribution in [2.24, 2.45) is 0 Å². The number of carbonyl (C=O) groups excluding carboxylic acids is 2. The Morgan fingerprint density at radius 2 is 1.76 bits per heavy atom. The van der Waals surface area contributed by atoms with Crippen LogP contribution < -0.4 is 15.0 Å². The van der Waals surface area contributed by atoms with E-state index >= 15 is 0 Å². The second-order valence-electron chi connectivity index (χ2n) is 9.77. The summed E-state index contributed by atoms with van der Waals surface area (Å²) >= 11 is 12.7. The lowest BCUT2D eigenvalue weighted by molar-refractivity contribution is -0.119. The molecule has 0 unspecified atom stereocenters. The first kappa shape index (κ1) is 24.5. The Morgan fingerprint density at radius 1 is 1.00 bits per heavy atom. The number of rotatable bonds is 4. The molecule has 1 spiro atoms. The third-order valence-corrected chi connectivity index (χ3v) is 7.59. The molecule has 2 aliphatic heterocycles. The first-order chi connectivity index (χ1) is 18.2. The van der Waals surface area contributed by atoms with Crippen molar-refractivity contribution in [3.8, 4) is 17.1 Å². The maximum Gasteiger partial charge on any atom is 0.280 e. The van der Waals surface area contributed by atoms with Crippen LogP contribution in [0, 0.1) is 6.92 Å². The summed E-state index contributed by atoms with van der Waals surface area (Å²) in [6, 6.07) is 17.8. The van der Waals surface area contributed by atoms with Gasteiger partial charge in [0, 0.05) is 33.0 Å². The van der Waals surface area contributed by atoms with Crippen LogP contribution in [0.25, 0.3) is 11.4 Å². The molecule has 0 bridgehead atoms. The van der Waals surface area contributed by atoms with E-state index in [4.69, 9.17) is 32.9 Å². The van der Waals surface area contributed by atoms with Gasteiger partial charge in [-0.3, -0.25) is 14.5 Å². The molecule has 1 N–H and O–H groups in total. The summed E-state index contributed by atoms with van der Waals surface area (Å²) in [4.78, 5) is 34.9. The summed E-state index contributed by atoms with van der Waals surface area (Å²) in [7, 11) is 1.60. The molecule has 6 rings (SSSR count). The third-order valence-electron chi connectivity index (χ3n) is 7.12. The van der Waals surface area contributed by atoms with Crippen LogP contribution in [0.5, 0.6) is 5.75 Å². The maximum absolute atomic E-state index is 14.3. The number of anilines is 2. The largest absolute Gasteiger partial charge is 0.496 e. The van der Waals surface area contributed by atoms with Crippen LogP contribution >= 0.6 is 23.2 Å². The number of hydrogen-bond acceptors (Lipinski definition) is 4. The number of carbonyl (C=O) groups is 2. The molecule has 3 aromatic carbocycles. The van der Waals surface area contributed by atoms with E-state index in [0.717, 1.165) is 11.1 Å². The predicted octanol–water partition coefficient (Wildman–Crippen LogP) is 6.61. The number of hydrogen-bond donors (Lipinski definition) is 1. The molecule has 2 amide bonds. The Kier molecular flexibility index (Phi) is 5.56. The van der Waals surface area contributed by atoms with Crippen LogP contribution in [-0.4, -0.2) is 28.5 Å². The Morgan fingerprint density at radius 3 is 2.47 bits per heavy atom. The Hall–Kier alpha value is -3.81. The van der Waals surface area contributed by atoms with Crippen molar-refractivity contribution in [1.82, 2.24) is 9.55 Å². The molecule has 3 heterocycles. The highest BCUT2D eigenvalue weighted by atomic mass is 35.5. The van der Waals surface area contributed by atoms with Gasteiger partial charge in [-0.15, -0.1) is 0 Å². The predicted molar refractivity (Wildman–Crippen MR) is 148 cm³/mol. The fourth-order valence-electron chi connectivity index (χ4n) is 5.62. The lowest BCUT2D eigenvalue weighted by Crippen LogP contribution is -2.51. The molecule has 38 heavy (non-hydrogen) atoms. The molecule has 2 aliphatic rings. The van der Waals surface area contributed by atoms with Crippen molar-refractivity contribution >= 4 is 46.4 Å². The molecular weight excluding hydrogens is 523 g/mol. The Labute approximate surface area is 230 Å². The standard InChI is InChI=1S/C29H24Cl2N4O3/c1-15(2)34-25-24(33-26(34)20-10-8-16(3)12-23(20)38-4)27(36)35(19-7-5-6-17(30)13-19)29(25)21-11-9-18(31)14-22(21)32-28(29)37/h5-15H,1-4H3,(H,32,37)/t29-/m0/s1. The van der Waals surface area contributed by atoms with Crippen molar-refractivity contribution in [2.75, 3.05) is 17.3 Å². The van der Waals surface area contributed by atoms with E-state index in [9.17, 15) is 9.59 Å². The van der Waals surface area contributed by atoms with Crippen molar-refractivity contribution in [3.05, 3.63) is 93.2 Å². The zero-order valence-electron chi connectivity index (χ0n) is 21.2. The molecule has 192 valence electrons. The molecule has 7 nitrogen and oxygen atoms in total. The fraction of sp³-hybridized carbons (Fsp3) is 0.207. The summed E-state index contributed by atoms with van der Waals surface area (Å²) < 4.78 is 7.66. The zero-order chi connectivity index (χ0) is 26.9. The summed E-state index contributed by atoms with van der Waals surface area (Å²) in [5.41, 5.74) is 2.58. The van der Waals surface area contributed by atoms with Gasteiger partial charge in [0.05, 0.1) is 18.4 Å². The van der Waals surface area contributed by atoms with Gasteiger partial charge in [0.2, 0.25) is 0 Å². The second kappa shape index (κ2) is 8.61. The minimum absolute atomic E-state index is 0.152. The number of nitrogens with zero attached hydrogens (tertiary/aromatic N) is 3. The van der Waals surface area contributed by atoms with Gasteiger partial charge in [-0.25, -0.2) is 4.98 Å². The molecule has 0 aliphatic carbocycles. The number of amides is 2. The highest BCUT2D eigenvalue weighted by Crippen LogP contribution is 2.54. The number of nitrogens with one attached hydrogen (secondary N) is 1. The van der Waals surface area contributed by atoms with Crippen LogP contribution in [0.1, 0.15) is 47.2 Å². The maximum atomic E-state index is 14.3. The zero-order valence-corrected chi connectivity index (χ0v) is 22.7. The van der Waals surface area contributed by atoms with Crippen molar-refractivity contribution in [1.29, 1.82) is 0 Å². The van der Waals surface area contributed by atoms with E-state index in [2.05, 4.69) is 5.32 Å². The van der Waals surface area contributed by atoms with Crippen molar-refractivity contribution in [3.63, 3.8) is 0 Å². The number of aryl methyl sites for hydroxylation is 1. The topological polar surface area (TPSA) is 76.5 Å². The monoisotopic (exact) mass is 546 g/mol. The van der Waals surface area contributed by atoms with Gasteiger partial charge in [0.15, 0.2) is 11.2 Å².